The molecular formula is NO2Si2. The number of nitrogens with zero attached hydrogens (tertiary/aromatic N) is 1. The largest absolute Gasteiger partial charge is 0.276 e. The molecule has 0 aromatic carbocycles. The van der Waals surface area contributed by atoms with E-state index in [1.165, 1.54) is 0 Å². The van der Waals surface area contributed by atoms with Gasteiger partial charge >= 0.3 is 0 Å². The molecule has 0 fully saturated rings. The van der Waals surface area contributed by atoms with Crippen LogP contribution in [-0.4, -0.2) is 20.8 Å². The van der Waals surface area contributed by atoms with Crippen molar-refractivity contribution in [2.75, 3.05) is 0 Å². The first kappa shape index (κ1) is 73.9. The first-order chi connectivity index (χ1) is 1.00. The fraction of sp³-hybridized carbons (Fsp3) is 0. The van der Waals surface area contributed by atoms with Crippen molar-refractivity contribution in [1.82, 2.24) is 0 Å². The molecule has 0 atom stereocenters. The van der Waals surface area contributed by atoms with Gasteiger partial charge in [-0.05, 0) is 0 Å². The summed E-state index contributed by atoms with van der Waals surface area (Å²) in [7, 11) is 1.97. The maximum absolute atomic E-state index is 6.81. The van der Waals surface area contributed by atoms with Crippen LogP contribution in [0.4, 0.5) is 0 Å². The van der Waals surface area contributed by atoms with E-state index in [-0.39, 0.29) is 21.9 Å². The lowest BCUT2D eigenvalue weighted by atomic mass is 14.0. The minimum Gasteiger partial charge on any atom is -0.276 e. The van der Waals surface area contributed by atoms with Crippen molar-refractivity contribution in [3.63, 3.8) is 0 Å². The molecule has 0 N–H and O–H groups in total. The van der Waals surface area contributed by atoms with E-state index in [2.05, 4.69) is 0 Å². The molecular weight excluding hydrogens is 102 g/mol. The van der Waals surface area contributed by atoms with E-state index < -0.39 is 0 Å². The molecule has 0 heterocycles. The summed E-state index contributed by atoms with van der Waals surface area (Å²) in [5, 5.41) is 0. The van der Waals surface area contributed by atoms with Gasteiger partial charge in [0.15, 0.2) is 0 Å². The maximum atomic E-state index is 6.81. The molecule has 0 spiro atoms. The third kappa shape index (κ3) is 4260. The predicted molar refractivity (Wildman–Crippen MR) is 14.6 cm³/mol. The van der Waals surface area contributed by atoms with Gasteiger partial charge in [0.2, 0.25) is 0 Å². The van der Waals surface area contributed by atoms with Crippen molar-refractivity contribution >= 4 is 20.8 Å². The summed E-state index contributed by atoms with van der Waals surface area (Å²) in [6, 6.07) is 0. The minimum absolute atomic E-state index is 0. The van der Waals surface area contributed by atoms with Crippen LogP contribution in [0.15, 0.2) is 0 Å². The van der Waals surface area contributed by atoms with Gasteiger partial charge in [0.1, 0.15) is 0 Å². The van der Waals surface area contributed by atoms with E-state index in [0.29, 0.717) is 0 Å². The van der Waals surface area contributed by atoms with Crippen LogP contribution in [0.5, 0.6) is 0 Å². The summed E-state index contributed by atoms with van der Waals surface area (Å²) in [4.78, 5) is 6.81. The Morgan fingerprint density at radius 3 is 1.00 bits per heavy atom. The number of hydrogen-bond donors (Lipinski definition) is 0. The highest BCUT2D eigenvalue weighted by molar-refractivity contribution is 5.84. The summed E-state index contributed by atoms with van der Waals surface area (Å²) in [6.45, 7) is 0. The molecule has 0 saturated heterocycles. The molecule has 0 bridgehead atoms. The fourth-order valence-corrected chi connectivity index (χ4v) is 0. The first-order valence-corrected chi connectivity index (χ1v) is 0.671. The van der Waals surface area contributed by atoms with E-state index in [1.54, 1.807) is 0 Å². The van der Waals surface area contributed by atoms with Crippen molar-refractivity contribution in [3.05, 3.63) is 0 Å². The lowest BCUT2D eigenvalue weighted by molar-refractivity contribution is 0.685. The molecule has 9 radical (unpaired) electrons. The highest BCUT2D eigenvalue weighted by Gasteiger charge is 0.640. The molecule has 25 valence electrons. The zero-order valence-electron chi connectivity index (χ0n) is 2.26. The van der Waals surface area contributed by atoms with Crippen LogP contribution in [-0.2, 0) is 11.0 Å². The van der Waals surface area contributed by atoms with E-state index in [0.717, 1.165) is 0 Å². The quantitative estimate of drug-likeness (QED) is 0.362. The molecule has 0 saturated carbocycles. The van der Waals surface area contributed by atoms with Gasteiger partial charge in [0.05, 0.1) is 0 Å². The molecule has 0 aromatic heterocycles. The molecule has 0 aliphatic carbocycles. The molecule has 0 aliphatic rings. The molecule has 5 heteroatoms. The third-order valence-electron chi connectivity index (χ3n) is 0. The Morgan fingerprint density at radius 2 is 1.00 bits per heavy atom. The van der Waals surface area contributed by atoms with Crippen LogP contribution in [0, 0.1) is 4.89 Å². The lowest BCUT2D eigenvalue weighted by Gasteiger charge is -0.640. The monoisotopic (exact) mass is 102 g/mol. The van der Waals surface area contributed by atoms with E-state index >= 15 is 0 Å². The van der Waals surface area contributed by atoms with Gasteiger partial charge in [-0.25, -0.2) is 0 Å². The average Bonchev–Trinajstić information content (AvgIpc) is 1.00. The Bertz CT molecular complexity index is 12.4. The zero-order valence-corrected chi connectivity index (χ0v) is 4.26. The van der Waals surface area contributed by atoms with Crippen molar-refractivity contribution in [1.29, 1.82) is 4.89 Å². The van der Waals surface area contributed by atoms with Gasteiger partial charge in [0.25, 0.3) is 9.88 Å². The second-order valence-corrected chi connectivity index (χ2v) is 0. The molecule has 3 nitrogen and oxygen atoms in total. The minimum atomic E-state index is 0. The van der Waals surface area contributed by atoms with Gasteiger partial charge < -0.3 is 0 Å². The Balaban J connectivity index is -0.00000000167. The van der Waals surface area contributed by atoms with E-state index in [1.807, 2.05) is 9.88 Å². The Morgan fingerprint density at radius 1 is 1.00 bits per heavy atom. The first-order valence-electron chi connectivity index (χ1n) is 0.224. The fourth-order valence-electron chi connectivity index (χ4n) is 0. The Hall–Kier alpha value is 0.0638. The zero-order chi connectivity index (χ0) is 2.00. The molecule has 0 aromatic rings. The summed E-state index contributed by atoms with van der Waals surface area (Å²) >= 11 is 0. The predicted octanol–water partition coefficient (Wildman–Crippen LogP) is -0.984. The molecule has 0 unspecified atom stereocenters. The molecule has 0 amide bonds. The Kier molecular flexibility index (Phi) is 139000. The van der Waals surface area contributed by atoms with Crippen LogP contribution in [0.2, 0.25) is 0 Å². The highest BCUT2D eigenvalue weighted by Crippen LogP contribution is 0.427. The molecule has 0 rings (SSSR count). The summed E-state index contributed by atoms with van der Waals surface area (Å²) in [5.74, 6) is 0. The summed E-state index contributed by atoms with van der Waals surface area (Å²) in [5.41, 5.74) is 0. The average molecular weight is 102 g/mol. The van der Waals surface area contributed by atoms with E-state index in [4.69, 9.17) is 4.89 Å². The van der Waals surface area contributed by atoms with Crippen LogP contribution >= 0.6 is 0 Å². The summed E-state index contributed by atoms with van der Waals surface area (Å²) in [6.07, 6.45) is 0. The van der Waals surface area contributed by atoms with Crippen LogP contribution in [0.1, 0.15) is 0 Å². The smallest absolute Gasteiger partial charge is 0.276 e. The van der Waals surface area contributed by atoms with Crippen LogP contribution in [0.25, 0.3) is 0 Å². The standard InChI is InChI=1S/NSi.2O.Si/c1-2;;;. The normalized spacial score (nSPS) is 0.400. The third-order valence-corrected chi connectivity index (χ3v) is 0. The lowest BCUT2D eigenvalue weighted by Crippen LogP contribution is -0.793. The second kappa shape index (κ2) is 9380. The van der Waals surface area contributed by atoms with Gasteiger partial charge in [-0.1, -0.05) is 0 Å². The van der Waals surface area contributed by atoms with Crippen molar-refractivity contribution in [2.45, 2.75) is 0 Å². The molecule has 5 heavy (non-hydrogen) atoms. The van der Waals surface area contributed by atoms with Crippen molar-refractivity contribution < 1.29 is 11.0 Å². The second-order valence-electron chi connectivity index (χ2n) is 0. The highest BCUT2D eigenvalue weighted by atomic mass is 28.1. The van der Waals surface area contributed by atoms with Crippen LogP contribution < -0.4 is 0 Å². The van der Waals surface area contributed by atoms with Gasteiger partial charge in [-0.15, -0.1) is 0 Å². The topological polar surface area (TPSA) is 80.8 Å². The van der Waals surface area contributed by atoms with Crippen molar-refractivity contribution in [2.24, 2.45) is 0 Å². The number of rotatable bonds is 0. The van der Waals surface area contributed by atoms with Crippen LogP contribution in [0.3, 0.4) is 0 Å². The van der Waals surface area contributed by atoms with Gasteiger partial charge in [-0.2, -0.15) is 0 Å². The van der Waals surface area contributed by atoms with Gasteiger partial charge in [-0.3, -0.25) is 4.89 Å². The summed E-state index contributed by atoms with van der Waals surface area (Å²) < 4.78 is 0. The SMILES string of the molecule is N#[Si].[O].[O].[Si]. The Labute approximate surface area is 37.7 Å². The number of hydrogen-bond acceptors (Lipinski definition) is 1. The maximum Gasteiger partial charge on any atom is 0.276 e. The van der Waals surface area contributed by atoms with E-state index in [9.17, 15) is 0 Å². The van der Waals surface area contributed by atoms with Crippen molar-refractivity contribution in [3.8, 4) is 0 Å². The molecule has 0 aliphatic heterocycles. The van der Waals surface area contributed by atoms with Gasteiger partial charge in [0, 0.05) is 21.9 Å².